The van der Waals surface area contributed by atoms with E-state index in [1.54, 1.807) is 6.92 Å². The molecule has 1 unspecified atom stereocenters. The maximum Gasteiger partial charge on any atom is 0.223 e. The van der Waals surface area contributed by atoms with E-state index in [4.69, 9.17) is 5.11 Å². The van der Waals surface area contributed by atoms with Gasteiger partial charge in [0.15, 0.2) is 0 Å². The Morgan fingerprint density at radius 3 is 2.58 bits per heavy atom. The lowest BCUT2D eigenvalue weighted by Gasteiger charge is -2.11. The lowest BCUT2D eigenvalue weighted by molar-refractivity contribution is -0.123. The van der Waals surface area contributed by atoms with Gasteiger partial charge in [0.25, 0.3) is 0 Å². The summed E-state index contributed by atoms with van der Waals surface area (Å²) in [5.41, 5.74) is 0.180. The van der Waals surface area contributed by atoms with Gasteiger partial charge in [-0.2, -0.15) is 0 Å². The van der Waals surface area contributed by atoms with Crippen LogP contribution in [0.25, 0.3) is 0 Å². The molecule has 0 aromatic rings. The van der Waals surface area contributed by atoms with Gasteiger partial charge in [-0.05, 0) is 18.8 Å². The minimum atomic E-state index is -0.117. The quantitative estimate of drug-likeness (QED) is 0.650. The highest BCUT2D eigenvalue weighted by molar-refractivity contribution is 5.82. The average molecular weight is 171 g/mol. The van der Waals surface area contributed by atoms with Crippen LogP contribution in [0.2, 0.25) is 0 Å². The highest BCUT2D eigenvalue weighted by Gasteiger charge is 2.50. The summed E-state index contributed by atoms with van der Waals surface area (Å²) in [5.74, 6) is 0.244. The Morgan fingerprint density at radius 1 is 1.75 bits per heavy atom. The fourth-order valence-corrected chi connectivity index (χ4v) is 1.30. The summed E-state index contributed by atoms with van der Waals surface area (Å²) in [7, 11) is 0. The molecule has 1 aliphatic rings. The van der Waals surface area contributed by atoms with E-state index in [0.717, 1.165) is 6.42 Å². The lowest BCUT2D eigenvalue weighted by atomic mass is 10.1. The highest BCUT2D eigenvalue weighted by Crippen LogP contribution is 2.51. The van der Waals surface area contributed by atoms with E-state index in [0.29, 0.717) is 0 Å². The van der Waals surface area contributed by atoms with Crippen molar-refractivity contribution in [2.24, 2.45) is 11.3 Å². The van der Waals surface area contributed by atoms with Gasteiger partial charge >= 0.3 is 0 Å². The van der Waals surface area contributed by atoms with Gasteiger partial charge in [-0.1, -0.05) is 13.8 Å². The first-order chi connectivity index (χ1) is 5.47. The number of amides is 1. The molecule has 1 aliphatic carbocycles. The molecule has 1 amide bonds. The molecule has 0 aromatic carbocycles. The van der Waals surface area contributed by atoms with Crippen molar-refractivity contribution in [2.75, 3.05) is 6.61 Å². The molecule has 3 heteroatoms. The van der Waals surface area contributed by atoms with Gasteiger partial charge in [0.05, 0.1) is 6.61 Å². The zero-order valence-corrected chi connectivity index (χ0v) is 7.92. The van der Waals surface area contributed by atoms with Crippen molar-refractivity contribution < 1.29 is 9.90 Å². The number of nitrogens with one attached hydrogen (secondary N) is 1. The van der Waals surface area contributed by atoms with Gasteiger partial charge in [-0.15, -0.1) is 0 Å². The van der Waals surface area contributed by atoms with Gasteiger partial charge in [0.1, 0.15) is 0 Å². The molecule has 1 rings (SSSR count). The first-order valence-corrected chi connectivity index (χ1v) is 4.38. The van der Waals surface area contributed by atoms with Crippen molar-refractivity contribution in [2.45, 2.75) is 33.2 Å². The van der Waals surface area contributed by atoms with Crippen molar-refractivity contribution in [3.8, 4) is 0 Å². The van der Waals surface area contributed by atoms with Crippen LogP contribution in [-0.4, -0.2) is 23.7 Å². The van der Waals surface area contributed by atoms with Crippen LogP contribution in [-0.2, 0) is 4.79 Å². The van der Waals surface area contributed by atoms with E-state index in [-0.39, 0.29) is 29.9 Å². The lowest BCUT2D eigenvalue weighted by Crippen LogP contribution is -2.36. The number of aliphatic hydroxyl groups excluding tert-OH is 1. The number of rotatable bonds is 3. The molecule has 2 N–H and O–H groups in total. The first kappa shape index (κ1) is 9.52. The molecular weight excluding hydrogens is 154 g/mol. The molecule has 2 atom stereocenters. The van der Waals surface area contributed by atoms with Crippen molar-refractivity contribution in [3.63, 3.8) is 0 Å². The Kier molecular flexibility index (Phi) is 2.42. The van der Waals surface area contributed by atoms with Crippen LogP contribution in [0.1, 0.15) is 27.2 Å². The maximum atomic E-state index is 11.4. The smallest absolute Gasteiger partial charge is 0.223 e. The molecule has 1 saturated carbocycles. The van der Waals surface area contributed by atoms with E-state index in [9.17, 15) is 4.79 Å². The molecule has 0 bridgehead atoms. The van der Waals surface area contributed by atoms with Crippen LogP contribution >= 0.6 is 0 Å². The number of carbonyl (C=O) groups excluding carboxylic acids is 1. The second kappa shape index (κ2) is 3.05. The van der Waals surface area contributed by atoms with E-state index >= 15 is 0 Å². The van der Waals surface area contributed by atoms with Crippen molar-refractivity contribution in [1.82, 2.24) is 5.32 Å². The Hall–Kier alpha value is -0.570. The summed E-state index contributed by atoms with van der Waals surface area (Å²) in [4.78, 5) is 11.4. The van der Waals surface area contributed by atoms with Gasteiger partial charge in [-0.3, -0.25) is 4.79 Å². The van der Waals surface area contributed by atoms with Gasteiger partial charge < -0.3 is 10.4 Å². The van der Waals surface area contributed by atoms with Crippen LogP contribution in [0.3, 0.4) is 0 Å². The van der Waals surface area contributed by atoms with Gasteiger partial charge in [0.2, 0.25) is 5.91 Å². The van der Waals surface area contributed by atoms with E-state index in [1.807, 2.05) is 0 Å². The van der Waals surface area contributed by atoms with E-state index < -0.39 is 0 Å². The largest absolute Gasteiger partial charge is 0.394 e. The van der Waals surface area contributed by atoms with Crippen molar-refractivity contribution in [3.05, 3.63) is 0 Å². The SMILES string of the molecule is C[C@H](CO)NC(=O)C1CC1(C)C. The topological polar surface area (TPSA) is 49.3 Å². The third-order valence-corrected chi connectivity index (χ3v) is 2.49. The minimum absolute atomic E-state index is 0.0128. The Labute approximate surface area is 73.2 Å². The molecule has 0 heterocycles. The summed E-state index contributed by atoms with van der Waals surface area (Å²) < 4.78 is 0. The van der Waals surface area contributed by atoms with Crippen LogP contribution in [0, 0.1) is 11.3 Å². The zero-order chi connectivity index (χ0) is 9.35. The van der Waals surface area contributed by atoms with Gasteiger partial charge in [0, 0.05) is 12.0 Å². The number of hydrogen-bond donors (Lipinski definition) is 2. The molecule has 12 heavy (non-hydrogen) atoms. The predicted octanol–water partition coefficient (Wildman–Crippen LogP) is 0.529. The summed E-state index contributed by atoms with van der Waals surface area (Å²) >= 11 is 0. The number of hydrogen-bond acceptors (Lipinski definition) is 2. The summed E-state index contributed by atoms with van der Waals surface area (Å²) in [6.07, 6.45) is 0.969. The van der Waals surface area contributed by atoms with Crippen molar-refractivity contribution >= 4 is 5.91 Å². The fourth-order valence-electron chi connectivity index (χ4n) is 1.30. The Bertz CT molecular complexity index is 189. The molecule has 0 aliphatic heterocycles. The normalized spacial score (nSPS) is 27.8. The van der Waals surface area contributed by atoms with Crippen molar-refractivity contribution in [1.29, 1.82) is 0 Å². The monoisotopic (exact) mass is 171 g/mol. The average Bonchev–Trinajstić information content (AvgIpc) is 2.59. The second-order valence-corrected chi connectivity index (χ2v) is 4.34. The highest BCUT2D eigenvalue weighted by atomic mass is 16.3. The minimum Gasteiger partial charge on any atom is -0.394 e. The Morgan fingerprint density at radius 2 is 2.25 bits per heavy atom. The summed E-state index contributed by atoms with van der Waals surface area (Å²) in [6.45, 7) is 5.98. The molecule has 1 fully saturated rings. The standard InChI is InChI=1S/C9H17NO2/c1-6(5-11)10-8(12)7-4-9(7,2)3/h6-7,11H,4-5H2,1-3H3,(H,10,12)/t6-,7?/m1/s1. The second-order valence-electron chi connectivity index (χ2n) is 4.34. The molecule has 0 radical (unpaired) electrons. The molecule has 3 nitrogen and oxygen atoms in total. The zero-order valence-electron chi connectivity index (χ0n) is 7.92. The van der Waals surface area contributed by atoms with E-state index in [1.165, 1.54) is 0 Å². The summed E-state index contributed by atoms with van der Waals surface area (Å²) in [5, 5.41) is 11.5. The van der Waals surface area contributed by atoms with Crippen LogP contribution in [0.15, 0.2) is 0 Å². The molecule has 0 saturated heterocycles. The predicted molar refractivity (Wildman–Crippen MR) is 46.6 cm³/mol. The molecule has 0 spiro atoms. The number of carbonyl (C=O) groups is 1. The van der Waals surface area contributed by atoms with Gasteiger partial charge in [-0.25, -0.2) is 0 Å². The molecule has 70 valence electrons. The Balaban J connectivity index is 2.32. The van der Waals surface area contributed by atoms with Crippen LogP contribution in [0.4, 0.5) is 0 Å². The van der Waals surface area contributed by atoms with Crippen LogP contribution in [0.5, 0.6) is 0 Å². The third-order valence-electron chi connectivity index (χ3n) is 2.49. The first-order valence-electron chi connectivity index (χ1n) is 4.38. The number of aliphatic hydroxyl groups is 1. The molecular formula is C9H17NO2. The fraction of sp³-hybridized carbons (Fsp3) is 0.889. The maximum absolute atomic E-state index is 11.4. The van der Waals surface area contributed by atoms with Crippen LogP contribution < -0.4 is 5.32 Å². The third kappa shape index (κ3) is 1.97. The summed E-state index contributed by atoms with van der Waals surface area (Å²) in [6, 6.07) is -0.117. The van der Waals surface area contributed by atoms with E-state index in [2.05, 4.69) is 19.2 Å². The molecule has 0 aromatic heterocycles.